The molecular weight excluding hydrogens is 430 g/mol. The molecule has 4 N–H and O–H groups in total. The van der Waals surface area contributed by atoms with E-state index in [-0.39, 0.29) is 6.04 Å². The number of hydrogen-bond acceptors (Lipinski definition) is 4. The lowest BCUT2D eigenvalue weighted by atomic mass is 9.98. The van der Waals surface area contributed by atoms with E-state index in [1.807, 2.05) is 42.5 Å². The standard InChI is InChI=1S/C27H27N3O4/c31-25(30-34)19-16-21-14-17-22(18-15-21)24(13-7-10-20-8-3-1-4-9-20)28-27(33)29-26(32)23-11-5-2-6-12-23/h1-6,8-9,11-12,14-19,24,34H,7,10,13H2,(H,30,31)(H2,28,29,32,33). The van der Waals surface area contributed by atoms with Crippen LogP contribution in [0.3, 0.4) is 0 Å². The minimum Gasteiger partial charge on any atom is -0.331 e. The van der Waals surface area contributed by atoms with Gasteiger partial charge in [0.1, 0.15) is 0 Å². The van der Waals surface area contributed by atoms with E-state index in [1.54, 1.807) is 41.9 Å². The van der Waals surface area contributed by atoms with Crippen molar-refractivity contribution in [1.82, 2.24) is 16.1 Å². The van der Waals surface area contributed by atoms with E-state index < -0.39 is 17.8 Å². The van der Waals surface area contributed by atoms with Crippen molar-refractivity contribution in [3.05, 3.63) is 113 Å². The molecule has 0 saturated heterocycles. The Morgan fingerprint density at radius 1 is 0.853 bits per heavy atom. The summed E-state index contributed by atoms with van der Waals surface area (Å²) in [5.74, 6) is -1.09. The molecule has 0 aromatic heterocycles. The summed E-state index contributed by atoms with van der Waals surface area (Å²) >= 11 is 0. The van der Waals surface area contributed by atoms with E-state index in [1.165, 1.54) is 11.6 Å². The number of amides is 4. The molecule has 3 aromatic rings. The van der Waals surface area contributed by atoms with Crippen molar-refractivity contribution in [2.24, 2.45) is 0 Å². The predicted molar refractivity (Wildman–Crippen MR) is 130 cm³/mol. The first-order chi connectivity index (χ1) is 16.5. The topological polar surface area (TPSA) is 108 Å². The third-order valence-corrected chi connectivity index (χ3v) is 5.25. The number of carbonyl (C=O) groups excluding carboxylic acids is 3. The van der Waals surface area contributed by atoms with Gasteiger partial charge in [-0.15, -0.1) is 0 Å². The molecule has 1 unspecified atom stereocenters. The molecular formula is C27H27N3O4. The number of aryl methyl sites for hydroxylation is 1. The maximum Gasteiger partial charge on any atom is 0.322 e. The summed E-state index contributed by atoms with van der Waals surface area (Å²) in [6.45, 7) is 0. The second-order valence-corrected chi connectivity index (χ2v) is 7.70. The molecule has 0 aliphatic carbocycles. The summed E-state index contributed by atoms with van der Waals surface area (Å²) in [7, 11) is 0. The zero-order valence-electron chi connectivity index (χ0n) is 18.6. The van der Waals surface area contributed by atoms with E-state index >= 15 is 0 Å². The summed E-state index contributed by atoms with van der Waals surface area (Å²) in [5.41, 5.74) is 4.80. The van der Waals surface area contributed by atoms with Crippen LogP contribution in [0.2, 0.25) is 0 Å². The number of urea groups is 1. The lowest BCUT2D eigenvalue weighted by Crippen LogP contribution is -2.41. The third-order valence-electron chi connectivity index (χ3n) is 5.25. The van der Waals surface area contributed by atoms with Gasteiger partial charge in [0.25, 0.3) is 11.8 Å². The largest absolute Gasteiger partial charge is 0.331 e. The fraction of sp³-hybridized carbons (Fsp3) is 0.148. The van der Waals surface area contributed by atoms with Gasteiger partial charge in [0.2, 0.25) is 0 Å². The van der Waals surface area contributed by atoms with E-state index in [9.17, 15) is 14.4 Å². The van der Waals surface area contributed by atoms with Crippen LogP contribution in [0.1, 0.15) is 45.9 Å². The number of nitrogens with one attached hydrogen (secondary N) is 3. The number of rotatable bonds is 9. The SMILES string of the molecule is O=C(C=Cc1ccc(C(CCCc2ccccc2)NC(=O)NC(=O)c2ccccc2)cc1)NO. The Morgan fingerprint density at radius 3 is 2.15 bits per heavy atom. The molecule has 1 atom stereocenters. The van der Waals surface area contributed by atoms with Crippen LogP contribution in [-0.2, 0) is 11.2 Å². The van der Waals surface area contributed by atoms with Gasteiger partial charge in [-0.2, -0.15) is 0 Å². The van der Waals surface area contributed by atoms with Crippen LogP contribution >= 0.6 is 0 Å². The summed E-state index contributed by atoms with van der Waals surface area (Å²) < 4.78 is 0. The van der Waals surface area contributed by atoms with Crippen LogP contribution in [-0.4, -0.2) is 23.1 Å². The molecule has 34 heavy (non-hydrogen) atoms. The monoisotopic (exact) mass is 457 g/mol. The highest BCUT2D eigenvalue weighted by atomic mass is 16.5. The highest BCUT2D eigenvalue weighted by Gasteiger charge is 2.17. The van der Waals surface area contributed by atoms with Gasteiger partial charge in [0.15, 0.2) is 0 Å². The molecule has 0 aliphatic heterocycles. The molecule has 0 heterocycles. The molecule has 174 valence electrons. The second kappa shape index (κ2) is 12.7. The van der Waals surface area contributed by atoms with Crippen molar-refractivity contribution in [3.8, 4) is 0 Å². The predicted octanol–water partition coefficient (Wildman–Crippen LogP) is 4.41. The Labute approximate surface area is 198 Å². The molecule has 0 saturated carbocycles. The van der Waals surface area contributed by atoms with Gasteiger partial charge in [-0.25, -0.2) is 10.3 Å². The number of imide groups is 1. The van der Waals surface area contributed by atoms with E-state index in [2.05, 4.69) is 22.8 Å². The summed E-state index contributed by atoms with van der Waals surface area (Å²) in [6.07, 6.45) is 5.15. The quantitative estimate of drug-likeness (QED) is 0.217. The Bertz CT molecular complexity index is 1110. The van der Waals surface area contributed by atoms with Crippen LogP contribution in [0.5, 0.6) is 0 Å². The van der Waals surface area contributed by atoms with E-state index in [0.29, 0.717) is 12.0 Å². The van der Waals surface area contributed by atoms with Crippen LogP contribution < -0.4 is 16.1 Å². The van der Waals surface area contributed by atoms with E-state index in [4.69, 9.17) is 5.21 Å². The van der Waals surface area contributed by atoms with Gasteiger partial charge < -0.3 is 5.32 Å². The second-order valence-electron chi connectivity index (χ2n) is 7.70. The van der Waals surface area contributed by atoms with Crippen LogP contribution in [0.4, 0.5) is 4.79 Å². The first-order valence-corrected chi connectivity index (χ1v) is 11.0. The van der Waals surface area contributed by atoms with E-state index in [0.717, 1.165) is 24.0 Å². The summed E-state index contributed by atoms with van der Waals surface area (Å²) in [5, 5.41) is 13.9. The first kappa shape index (κ1) is 24.4. The number of hydroxylamine groups is 1. The van der Waals surface area contributed by atoms with Gasteiger partial charge in [-0.3, -0.25) is 20.1 Å². The van der Waals surface area contributed by atoms with Gasteiger partial charge in [0.05, 0.1) is 6.04 Å². The Hall–Kier alpha value is -4.23. The Balaban J connectivity index is 1.68. The molecule has 0 spiro atoms. The molecule has 3 aromatic carbocycles. The molecule has 0 bridgehead atoms. The molecule has 4 amide bonds. The average Bonchev–Trinajstić information content (AvgIpc) is 2.88. The molecule has 7 nitrogen and oxygen atoms in total. The highest BCUT2D eigenvalue weighted by Crippen LogP contribution is 2.21. The molecule has 0 fully saturated rings. The minimum absolute atomic E-state index is 0.314. The maximum atomic E-state index is 12.6. The summed E-state index contributed by atoms with van der Waals surface area (Å²) in [4.78, 5) is 36.1. The van der Waals surface area contributed by atoms with Gasteiger partial charge in [-0.05, 0) is 54.2 Å². The Kier molecular flexibility index (Phi) is 9.13. The fourth-order valence-corrected chi connectivity index (χ4v) is 3.48. The van der Waals surface area contributed by atoms with Crippen LogP contribution in [0.15, 0.2) is 91.0 Å². The van der Waals surface area contributed by atoms with Crippen molar-refractivity contribution >= 4 is 23.9 Å². The summed E-state index contributed by atoms with van der Waals surface area (Å²) in [6, 6.07) is 25.1. The molecule has 3 rings (SSSR count). The van der Waals surface area contributed by atoms with Gasteiger partial charge >= 0.3 is 6.03 Å². The number of carbonyl (C=O) groups is 3. The van der Waals surface area contributed by atoms with Crippen LogP contribution in [0, 0.1) is 0 Å². The Morgan fingerprint density at radius 2 is 1.50 bits per heavy atom. The lowest BCUT2D eigenvalue weighted by Gasteiger charge is -2.20. The molecule has 7 heteroatoms. The smallest absolute Gasteiger partial charge is 0.322 e. The highest BCUT2D eigenvalue weighted by molar-refractivity contribution is 6.04. The maximum absolute atomic E-state index is 12.6. The average molecular weight is 458 g/mol. The minimum atomic E-state index is -0.621. The van der Waals surface area contributed by atoms with Crippen molar-refractivity contribution in [2.45, 2.75) is 25.3 Å². The van der Waals surface area contributed by atoms with Crippen molar-refractivity contribution in [2.75, 3.05) is 0 Å². The van der Waals surface area contributed by atoms with Crippen molar-refractivity contribution in [3.63, 3.8) is 0 Å². The van der Waals surface area contributed by atoms with Crippen molar-refractivity contribution < 1.29 is 19.6 Å². The lowest BCUT2D eigenvalue weighted by molar-refractivity contribution is -0.124. The van der Waals surface area contributed by atoms with Gasteiger partial charge in [0, 0.05) is 11.6 Å². The van der Waals surface area contributed by atoms with Crippen molar-refractivity contribution in [1.29, 1.82) is 0 Å². The normalized spacial score (nSPS) is 11.6. The molecule has 0 aliphatic rings. The third kappa shape index (κ3) is 7.72. The van der Waals surface area contributed by atoms with Crippen LogP contribution in [0.25, 0.3) is 6.08 Å². The fourth-order valence-electron chi connectivity index (χ4n) is 3.48. The zero-order chi connectivity index (χ0) is 24.2. The van der Waals surface area contributed by atoms with Gasteiger partial charge in [-0.1, -0.05) is 72.8 Å². The zero-order valence-corrected chi connectivity index (χ0v) is 18.6. The number of benzene rings is 3. The molecule has 0 radical (unpaired) electrons. The first-order valence-electron chi connectivity index (χ1n) is 11.0. The number of hydrogen-bond donors (Lipinski definition) is 4.